The van der Waals surface area contributed by atoms with Crippen LogP contribution in [0.2, 0.25) is 0 Å². The Morgan fingerprint density at radius 3 is 2.66 bits per heavy atom. The maximum Gasteiger partial charge on any atom is 0.229 e. The van der Waals surface area contributed by atoms with Crippen LogP contribution in [-0.2, 0) is 11.3 Å². The maximum absolute atomic E-state index is 12.5. The molecule has 8 heteroatoms. The molecule has 1 aliphatic rings. The molecule has 1 aliphatic carbocycles. The molecule has 168 valence electrons. The number of hydrogen-bond donors (Lipinski definition) is 4. The van der Waals surface area contributed by atoms with Gasteiger partial charge in [0, 0.05) is 12.5 Å². The van der Waals surface area contributed by atoms with Gasteiger partial charge in [0.05, 0.1) is 23.4 Å². The number of aromatic hydroxyl groups is 2. The number of anilines is 2. The molecule has 1 saturated carbocycles. The number of phenols is 2. The average Bonchev–Trinajstić information content (AvgIpc) is 3.44. The molecular weight excluding hydrogens is 426 g/mol. The van der Waals surface area contributed by atoms with E-state index in [4.69, 9.17) is 4.74 Å². The number of nitrogens with zero attached hydrogens (tertiary/aromatic N) is 1. The number of phenolic OH excluding ortho intramolecular Hbond substituents is 2. The van der Waals surface area contributed by atoms with Crippen LogP contribution in [-0.4, -0.2) is 28.2 Å². The zero-order chi connectivity index (χ0) is 22.7. The van der Waals surface area contributed by atoms with Crippen molar-refractivity contribution in [1.29, 1.82) is 0 Å². The molecule has 3 aromatic rings. The smallest absolute Gasteiger partial charge is 0.229 e. The van der Waals surface area contributed by atoms with Gasteiger partial charge in [-0.25, -0.2) is 4.98 Å². The summed E-state index contributed by atoms with van der Waals surface area (Å²) in [4.78, 5) is 18.0. The van der Waals surface area contributed by atoms with E-state index >= 15 is 0 Å². The maximum atomic E-state index is 12.5. The number of aromatic nitrogens is 1. The van der Waals surface area contributed by atoms with Crippen molar-refractivity contribution in [3.05, 3.63) is 47.7 Å². The number of ether oxygens (including phenoxy) is 1. The lowest BCUT2D eigenvalue weighted by Crippen LogP contribution is -2.20. The van der Waals surface area contributed by atoms with Crippen molar-refractivity contribution >= 4 is 28.1 Å². The fraction of sp³-hybridized carbons (Fsp3) is 0.333. The molecule has 1 amide bonds. The third-order valence-corrected chi connectivity index (χ3v) is 6.86. The topological polar surface area (TPSA) is 104 Å². The Bertz CT molecular complexity index is 1120. The van der Waals surface area contributed by atoms with Crippen molar-refractivity contribution < 1.29 is 19.7 Å². The lowest BCUT2D eigenvalue weighted by atomic mass is 10.1. The number of hydrogen-bond acceptors (Lipinski definition) is 7. The minimum Gasteiger partial charge on any atom is -0.504 e. The van der Waals surface area contributed by atoms with Gasteiger partial charge in [-0.15, -0.1) is 0 Å². The third kappa shape index (κ3) is 4.80. The molecule has 2 aromatic carbocycles. The van der Waals surface area contributed by atoms with Crippen LogP contribution in [0.1, 0.15) is 36.9 Å². The van der Waals surface area contributed by atoms with Gasteiger partial charge in [0.25, 0.3) is 0 Å². The van der Waals surface area contributed by atoms with Crippen LogP contribution in [0, 0.1) is 12.8 Å². The van der Waals surface area contributed by atoms with Crippen molar-refractivity contribution in [2.45, 2.75) is 39.2 Å². The molecule has 1 fully saturated rings. The van der Waals surface area contributed by atoms with Gasteiger partial charge in [0.2, 0.25) is 5.91 Å². The van der Waals surface area contributed by atoms with E-state index in [1.807, 2.05) is 25.1 Å². The Hall–Kier alpha value is -3.26. The summed E-state index contributed by atoms with van der Waals surface area (Å²) < 4.78 is 5.49. The van der Waals surface area contributed by atoms with Gasteiger partial charge in [-0.05, 0) is 61.2 Å². The fourth-order valence-electron chi connectivity index (χ4n) is 3.98. The number of aryl methyl sites for hydroxylation is 1. The first kappa shape index (κ1) is 22.0. The van der Waals surface area contributed by atoms with Gasteiger partial charge in [0.1, 0.15) is 5.75 Å². The van der Waals surface area contributed by atoms with Crippen molar-refractivity contribution in [1.82, 2.24) is 4.98 Å². The fourth-order valence-corrected chi connectivity index (χ4v) is 4.94. The Balaban J connectivity index is 1.53. The van der Waals surface area contributed by atoms with E-state index in [2.05, 4.69) is 15.6 Å². The van der Waals surface area contributed by atoms with E-state index in [0.29, 0.717) is 17.4 Å². The van der Waals surface area contributed by atoms with Crippen LogP contribution in [0.25, 0.3) is 10.4 Å². The van der Waals surface area contributed by atoms with E-state index in [1.165, 1.54) is 23.5 Å². The molecule has 1 heterocycles. The van der Waals surface area contributed by atoms with Crippen molar-refractivity contribution in [3.63, 3.8) is 0 Å². The highest BCUT2D eigenvalue weighted by Gasteiger charge is 2.24. The molecule has 4 N–H and O–H groups in total. The van der Waals surface area contributed by atoms with E-state index in [9.17, 15) is 15.0 Å². The number of rotatable bonds is 7. The van der Waals surface area contributed by atoms with Crippen LogP contribution in [0.3, 0.4) is 0 Å². The summed E-state index contributed by atoms with van der Waals surface area (Å²) in [6.45, 7) is 2.38. The zero-order valence-electron chi connectivity index (χ0n) is 18.1. The second-order valence-electron chi connectivity index (χ2n) is 8.00. The van der Waals surface area contributed by atoms with E-state index in [1.54, 1.807) is 13.2 Å². The SMILES string of the molecule is COc1ccc(-c2sc(NC(=O)C3CCCC3)nc2C)cc1NCc1ccc(O)c(O)c1. The third-order valence-electron chi connectivity index (χ3n) is 5.74. The van der Waals surface area contributed by atoms with Crippen LogP contribution < -0.4 is 15.4 Å². The summed E-state index contributed by atoms with van der Waals surface area (Å²) in [6.07, 6.45) is 4.14. The average molecular weight is 454 g/mol. The summed E-state index contributed by atoms with van der Waals surface area (Å²) in [5.41, 5.74) is 3.44. The van der Waals surface area contributed by atoms with E-state index < -0.39 is 0 Å². The highest BCUT2D eigenvalue weighted by molar-refractivity contribution is 7.19. The van der Waals surface area contributed by atoms with Gasteiger partial charge in [-0.2, -0.15) is 0 Å². The number of carbonyl (C=O) groups excluding carboxylic acids is 1. The van der Waals surface area contributed by atoms with Crippen LogP contribution in [0.15, 0.2) is 36.4 Å². The first-order chi connectivity index (χ1) is 15.4. The van der Waals surface area contributed by atoms with Crippen molar-refractivity contribution in [2.24, 2.45) is 5.92 Å². The molecule has 0 radical (unpaired) electrons. The van der Waals surface area contributed by atoms with Crippen molar-refractivity contribution in [2.75, 3.05) is 17.7 Å². The van der Waals surface area contributed by atoms with Crippen molar-refractivity contribution in [3.8, 4) is 27.7 Å². The quantitative estimate of drug-likeness (QED) is 0.363. The van der Waals surface area contributed by atoms with Gasteiger partial charge >= 0.3 is 0 Å². The molecule has 0 aliphatic heterocycles. The van der Waals surface area contributed by atoms with Crippen LogP contribution in [0.4, 0.5) is 10.8 Å². The number of amides is 1. The van der Waals surface area contributed by atoms with Gasteiger partial charge in [-0.3, -0.25) is 4.79 Å². The van der Waals surface area contributed by atoms with Gasteiger partial charge in [0.15, 0.2) is 16.6 Å². The minimum atomic E-state index is -0.155. The lowest BCUT2D eigenvalue weighted by molar-refractivity contribution is -0.119. The molecule has 32 heavy (non-hydrogen) atoms. The first-order valence-corrected chi connectivity index (χ1v) is 11.5. The molecule has 4 rings (SSSR count). The summed E-state index contributed by atoms with van der Waals surface area (Å²) in [5.74, 6) is 0.548. The molecule has 1 aromatic heterocycles. The monoisotopic (exact) mass is 453 g/mol. The van der Waals surface area contributed by atoms with E-state index in [0.717, 1.165) is 53.1 Å². The Morgan fingerprint density at radius 2 is 1.94 bits per heavy atom. The number of nitrogens with one attached hydrogen (secondary N) is 2. The van der Waals surface area contributed by atoms with Crippen LogP contribution in [0.5, 0.6) is 17.2 Å². The van der Waals surface area contributed by atoms with E-state index in [-0.39, 0.29) is 23.3 Å². The molecular formula is C24H27N3O4S. The number of benzene rings is 2. The van der Waals surface area contributed by atoms with Gasteiger partial charge in [-0.1, -0.05) is 30.2 Å². The second kappa shape index (κ2) is 9.48. The molecule has 0 atom stereocenters. The standard InChI is InChI=1S/C24H27N3O4S/c1-14-22(32-24(26-14)27-23(30)16-5-3-4-6-16)17-8-10-21(31-2)18(12-17)25-13-15-7-9-19(28)20(29)11-15/h7-12,16,25,28-29H,3-6,13H2,1-2H3,(H,26,27,30). The Labute approximate surface area is 191 Å². The minimum absolute atomic E-state index is 0.0667. The molecule has 0 spiro atoms. The highest BCUT2D eigenvalue weighted by Crippen LogP contribution is 2.38. The summed E-state index contributed by atoms with van der Waals surface area (Å²) in [7, 11) is 1.61. The Morgan fingerprint density at radius 1 is 1.16 bits per heavy atom. The highest BCUT2D eigenvalue weighted by atomic mass is 32.1. The number of methoxy groups -OCH3 is 1. The normalized spacial score (nSPS) is 13.8. The predicted octanol–water partition coefficient (Wildman–Crippen LogP) is 5.28. The largest absolute Gasteiger partial charge is 0.504 e. The predicted molar refractivity (Wildman–Crippen MR) is 127 cm³/mol. The Kier molecular flexibility index (Phi) is 6.50. The molecule has 0 unspecified atom stereocenters. The summed E-state index contributed by atoms with van der Waals surface area (Å²) in [6, 6.07) is 10.6. The lowest BCUT2D eigenvalue weighted by Gasteiger charge is -2.13. The molecule has 0 bridgehead atoms. The van der Waals surface area contributed by atoms with Crippen LogP contribution >= 0.6 is 11.3 Å². The zero-order valence-corrected chi connectivity index (χ0v) is 19.0. The molecule has 0 saturated heterocycles. The summed E-state index contributed by atoms with van der Waals surface area (Å²) >= 11 is 1.47. The summed E-state index contributed by atoms with van der Waals surface area (Å²) in [5, 5.41) is 26.2. The second-order valence-corrected chi connectivity index (χ2v) is 8.99. The number of carbonyl (C=O) groups is 1. The first-order valence-electron chi connectivity index (χ1n) is 10.7. The number of thiazole rings is 1. The molecule has 7 nitrogen and oxygen atoms in total. The van der Waals surface area contributed by atoms with Gasteiger partial charge < -0.3 is 25.6 Å².